The molecule has 0 saturated carbocycles. The van der Waals surface area contributed by atoms with Crippen molar-refractivity contribution in [3.8, 4) is 0 Å². The lowest BCUT2D eigenvalue weighted by atomic mass is 10.8. The van der Waals surface area contributed by atoms with Crippen LogP contribution in [0.5, 0.6) is 0 Å². The Balaban J connectivity index is 0. The highest BCUT2D eigenvalue weighted by Gasteiger charge is 0.0000312. The number of hydrogen-bond donors (Lipinski definition) is 0. The van der Waals surface area contributed by atoms with Crippen LogP contribution in [0.4, 0.5) is 0 Å². The van der Waals surface area contributed by atoms with Gasteiger partial charge in [-0.2, -0.15) is 0 Å². The van der Waals surface area contributed by atoms with Crippen molar-refractivity contribution in [1.82, 2.24) is 0 Å². The average molecular weight is 88.0 g/mol. The first kappa shape index (κ1) is 349000. The van der Waals surface area contributed by atoms with Gasteiger partial charge in [0.1, 0.15) is 0 Å². The minimum absolute atomic E-state index is 0. The zero-order chi connectivity index (χ0) is 0. The summed E-state index contributed by atoms with van der Waals surface area (Å²) < 4.78 is 0. The van der Waals surface area contributed by atoms with E-state index in [9.17, 15) is 0 Å². The fraction of sp³-hybridized carbons (Fsp3) is 1.00. The van der Waals surface area contributed by atoms with Crippen LogP contribution in [0, 0.1) is 0 Å². The predicted molar refractivity (Wildman–Crippen MR) is 34.9 cm³/mol. The second-order valence-electron chi connectivity index (χ2n) is 0. The van der Waals surface area contributed by atoms with E-state index in [2.05, 4.69) is 0 Å². The molecular weight excluding hydrogens is 66.8 g/mol. The van der Waals surface area contributed by atoms with E-state index in [1.54, 1.807) is 0 Å². The Labute approximate surface area is 41.3 Å². The molecule has 3 heteroatoms. The normalized spacial score (nSPS) is 0. The van der Waals surface area contributed by atoms with Crippen molar-refractivity contribution in [3.05, 3.63) is 0 Å². The van der Waals surface area contributed by atoms with Gasteiger partial charge >= 0.3 is 0 Å². The average Bonchev–Trinajstić information content (AvgIpc) is 0. The summed E-state index contributed by atoms with van der Waals surface area (Å²) in [5.41, 5.74) is 0. The Morgan fingerprint density at radius 1 is 1.00 bits per heavy atom. The summed E-state index contributed by atoms with van der Waals surface area (Å²) in [6.07, 6.45) is 0. The molecule has 0 aliphatic rings. The highest BCUT2D eigenvalue weighted by atomic mass is 16.0. The second-order valence-corrected chi connectivity index (χ2v) is 0. The number of hydrogen-bond acceptors (Lipinski definition) is 0. The van der Waals surface area contributed by atoms with Gasteiger partial charge in [0.15, 0.2) is 0 Å². The van der Waals surface area contributed by atoms with Crippen molar-refractivity contribution in [2.24, 2.45) is 0 Å². The van der Waals surface area contributed by atoms with Gasteiger partial charge in [-0.05, 0) is 0 Å². The van der Waals surface area contributed by atoms with Crippen LogP contribution in [0.3, 0.4) is 0 Å². The first-order valence-electron chi connectivity index (χ1n) is 0. The van der Waals surface area contributed by atoms with E-state index in [4.69, 9.17) is 0 Å². The molecule has 43 valence electrons. The van der Waals surface area contributed by atoms with Gasteiger partial charge in [0.05, 0.1) is 0 Å². The van der Waals surface area contributed by atoms with Crippen LogP contribution in [0.15, 0.2) is 0 Å². The minimum atomic E-state index is 0. The van der Waals surface area contributed by atoms with Gasteiger partial charge in [-0.15, -0.1) is 0 Å². The Kier molecular flexibility index (Phi) is 10900000000. The maximum atomic E-state index is 0. The fourth-order valence-corrected chi connectivity index (χ4v) is 0. The molecule has 3 radical (unpaired) electrons. The van der Waals surface area contributed by atoms with E-state index in [0.717, 1.165) is 0 Å². The molecule has 0 amide bonds. The van der Waals surface area contributed by atoms with Crippen LogP contribution < -0.4 is 0 Å². The van der Waals surface area contributed by atoms with Crippen molar-refractivity contribution >= 4 is 8.41 Å². The first-order chi connectivity index (χ1) is 0. The molecule has 0 aliphatic heterocycles. The molecule has 0 atom stereocenters. The molecule has 0 rings (SSSR count). The summed E-state index contributed by atoms with van der Waals surface area (Å²) >= 11 is 0. The SMILES string of the molecule is C.C.O.O.[2HH].[B].[HH].[HH].[HH]. The van der Waals surface area contributed by atoms with Crippen LogP contribution in [0.1, 0.15) is 20.6 Å². The van der Waals surface area contributed by atoms with Gasteiger partial charge in [0, 0.05) is 14.1 Å². The molecule has 0 aromatic rings. The molecule has 0 unspecified atom stereocenters. The largest absolute Gasteiger partial charge is 0.412 e. The van der Waals surface area contributed by atoms with Crippen LogP contribution >= 0.6 is 0 Å². The van der Waals surface area contributed by atoms with E-state index in [1.165, 1.54) is 0 Å². The van der Waals surface area contributed by atoms with Gasteiger partial charge < -0.3 is 11.0 Å². The lowest BCUT2D eigenvalue weighted by Crippen LogP contribution is -0.381. The zero-order valence-corrected chi connectivity index (χ0v) is 1.58. The summed E-state index contributed by atoms with van der Waals surface area (Å²) in [5, 5.41) is 0. The Morgan fingerprint density at radius 3 is 1.00 bits per heavy atom. The van der Waals surface area contributed by atoms with Crippen molar-refractivity contribution in [2.45, 2.75) is 14.9 Å². The summed E-state index contributed by atoms with van der Waals surface area (Å²) in [6.45, 7) is 0. The lowest BCUT2D eigenvalue weighted by Gasteiger charge is -0.413. The van der Waals surface area contributed by atoms with Crippen LogP contribution in [0.2, 0.25) is 0 Å². The Bertz CT molecular complexity index is 16.5. The zero-order valence-electron chi connectivity index (χ0n) is 1.58. The maximum absolute atomic E-state index is 0. The molecule has 0 spiro atoms. The molecule has 4 N–H and O–H groups in total. The highest BCUT2D eigenvalue weighted by molar-refractivity contribution is 5.75. The van der Waals surface area contributed by atoms with Crippen molar-refractivity contribution in [2.75, 3.05) is 0 Å². The fourth-order valence-electron chi connectivity index (χ4n) is 0. The molecule has 0 aromatic carbocycles. The first-order valence-corrected chi connectivity index (χ1v) is 0. The van der Waals surface area contributed by atoms with E-state index in [0.29, 0.717) is 0 Å². The maximum Gasteiger partial charge on any atom is 0 e. The van der Waals surface area contributed by atoms with Crippen molar-refractivity contribution < 1.29 is 16.7 Å². The van der Waals surface area contributed by atoms with Gasteiger partial charge in [-0.1, -0.05) is 14.9 Å². The standard InChI is InChI=1S/2CH4.B.2H2O.4H2/h2*1H4;;2*1H2;4*1H/i;;;;;1+1;;;. The van der Waals surface area contributed by atoms with Crippen LogP contribution in [-0.4, -0.2) is 19.4 Å². The van der Waals surface area contributed by atoms with Crippen molar-refractivity contribution in [1.29, 1.82) is 0 Å². The Morgan fingerprint density at radius 2 is 1.00 bits per heavy atom. The quantitative estimate of drug-likeness (QED) is 0.380. The van der Waals surface area contributed by atoms with Crippen LogP contribution in [-0.2, 0) is 0 Å². The molecular formula is C2H20BO2. The van der Waals surface area contributed by atoms with E-state index >= 15 is 0 Å². The van der Waals surface area contributed by atoms with Gasteiger partial charge in [-0.25, -0.2) is 0 Å². The minimum Gasteiger partial charge on any atom is -0.412 e. The third-order valence-corrected chi connectivity index (χ3v) is 0. The molecule has 0 heterocycles. The van der Waals surface area contributed by atoms with E-state index in [-0.39, 0.29) is 39.9 Å². The third-order valence-electron chi connectivity index (χ3n) is 0. The molecule has 0 bridgehead atoms. The number of rotatable bonds is 0. The van der Waals surface area contributed by atoms with Crippen molar-refractivity contribution in [3.63, 3.8) is 0 Å². The smallest absolute Gasteiger partial charge is 0 e. The van der Waals surface area contributed by atoms with Crippen LogP contribution in [0.25, 0.3) is 0 Å². The van der Waals surface area contributed by atoms with Gasteiger partial charge in [0.2, 0.25) is 0 Å². The molecule has 0 fully saturated rings. The van der Waals surface area contributed by atoms with E-state index in [1.807, 2.05) is 0 Å². The summed E-state index contributed by atoms with van der Waals surface area (Å²) in [7, 11) is 0. The van der Waals surface area contributed by atoms with Gasteiger partial charge in [-0.3, -0.25) is 0 Å². The summed E-state index contributed by atoms with van der Waals surface area (Å²) in [4.78, 5) is 0. The highest BCUT2D eigenvalue weighted by Crippen LogP contribution is 0.145. The Hall–Kier alpha value is -0.0151. The third kappa shape index (κ3) is 69200. The van der Waals surface area contributed by atoms with E-state index < -0.39 is 0 Å². The second kappa shape index (κ2) is 156000. The topological polar surface area (TPSA) is 63.0 Å². The predicted octanol–water partition coefficient (Wildman–Crippen LogP) is 0.226. The lowest BCUT2D eigenvalue weighted by molar-refractivity contribution is 0.823. The molecule has 2 nitrogen and oxygen atoms in total. The molecule has 0 saturated heterocycles. The summed E-state index contributed by atoms with van der Waals surface area (Å²) in [6, 6.07) is 0. The summed E-state index contributed by atoms with van der Waals surface area (Å²) in [5.74, 6) is 0. The molecule has 0 aliphatic carbocycles. The van der Waals surface area contributed by atoms with Gasteiger partial charge in [0.25, 0.3) is 0 Å². The monoisotopic (exact) mass is 88.2 g/mol. The molecule has 0 aromatic heterocycles. The molecule has 5 heavy (non-hydrogen) atoms.